The molecule has 0 bridgehead atoms. The Hall–Kier alpha value is -1.40. The van der Waals surface area contributed by atoms with Gasteiger partial charge in [-0.1, -0.05) is 0 Å². The summed E-state index contributed by atoms with van der Waals surface area (Å²) in [5.74, 6) is 2.23. The topological polar surface area (TPSA) is 67.5 Å². The molecule has 1 aromatic heterocycles. The molecule has 3 heterocycles. The van der Waals surface area contributed by atoms with Crippen LogP contribution in [0.3, 0.4) is 0 Å². The van der Waals surface area contributed by atoms with E-state index < -0.39 is 0 Å². The van der Waals surface area contributed by atoms with Crippen molar-refractivity contribution in [2.75, 3.05) is 50.0 Å². The number of nitrogens with two attached hydrogens (primary N) is 1. The molecule has 0 amide bonds. The van der Waals surface area contributed by atoms with Crippen LogP contribution in [0.5, 0.6) is 0 Å². The van der Waals surface area contributed by atoms with E-state index in [9.17, 15) is 0 Å². The number of ether oxygens (including phenoxy) is 1. The fourth-order valence-corrected chi connectivity index (χ4v) is 2.49. The Morgan fingerprint density at radius 1 is 1.22 bits per heavy atom. The Kier molecular flexibility index (Phi) is 3.05. The zero-order valence-electron chi connectivity index (χ0n) is 10.7. The summed E-state index contributed by atoms with van der Waals surface area (Å²) < 4.78 is 5.24. The average molecular weight is 249 g/mol. The maximum absolute atomic E-state index is 5.77. The summed E-state index contributed by atoms with van der Waals surface area (Å²) in [7, 11) is 0. The molecule has 2 N–H and O–H groups in total. The minimum atomic E-state index is 0.548. The zero-order chi connectivity index (χ0) is 12.5. The minimum absolute atomic E-state index is 0.548. The summed E-state index contributed by atoms with van der Waals surface area (Å²) in [6.07, 6.45) is 0. The van der Waals surface area contributed by atoms with Gasteiger partial charge in [-0.05, 0) is 6.92 Å². The van der Waals surface area contributed by atoms with Crippen LogP contribution in [0.2, 0.25) is 0 Å². The van der Waals surface area contributed by atoms with Gasteiger partial charge >= 0.3 is 0 Å². The summed E-state index contributed by atoms with van der Waals surface area (Å²) in [4.78, 5) is 13.3. The van der Waals surface area contributed by atoms with Crippen molar-refractivity contribution in [3.05, 3.63) is 11.9 Å². The lowest BCUT2D eigenvalue weighted by atomic mass is 10.2. The number of aromatic nitrogens is 2. The minimum Gasteiger partial charge on any atom is -0.384 e. The van der Waals surface area contributed by atoms with Crippen molar-refractivity contribution in [3.8, 4) is 0 Å². The number of hydrogen-bond donors (Lipinski definition) is 1. The van der Waals surface area contributed by atoms with Crippen LogP contribution in [-0.4, -0.2) is 60.3 Å². The van der Waals surface area contributed by atoms with Crippen molar-refractivity contribution in [1.82, 2.24) is 14.9 Å². The molecule has 3 rings (SSSR count). The highest BCUT2D eigenvalue weighted by atomic mass is 16.5. The van der Waals surface area contributed by atoms with Crippen LogP contribution in [0.25, 0.3) is 0 Å². The maximum Gasteiger partial charge on any atom is 0.134 e. The predicted octanol–water partition coefficient (Wildman–Crippen LogP) is -0.112. The van der Waals surface area contributed by atoms with E-state index in [1.165, 1.54) is 0 Å². The van der Waals surface area contributed by atoms with Gasteiger partial charge in [0.2, 0.25) is 0 Å². The molecule has 0 unspecified atom stereocenters. The molecule has 2 aliphatic heterocycles. The van der Waals surface area contributed by atoms with Gasteiger partial charge in [-0.25, -0.2) is 9.97 Å². The van der Waals surface area contributed by atoms with E-state index >= 15 is 0 Å². The van der Waals surface area contributed by atoms with Crippen LogP contribution >= 0.6 is 0 Å². The zero-order valence-corrected chi connectivity index (χ0v) is 10.7. The molecule has 0 radical (unpaired) electrons. The second-order valence-corrected chi connectivity index (χ2v) is 4.91. The number of anilines is 2. The fraction of sp³-hybridized carbons (Fsp3) is 0.667. The Morgan fingerprint density at radius 2 is 1.94 bits per heavy atom. The summed E-state index contributed by atoms with van der Waals surface area (Å²) in [5.41, 5.74) is 5.77. The normalized spacial score (nSPS) is 21.9. The molecule has 2 saturated heterocycles. The van der Waals surface area contributed by atoms with Gasteiger partial charge < -0.3 is 15.4 Å². The van der Waals surface area contributed by atoms with Crippen LogP contribution < -0.4 is 10.6 Å². The van der Waals surface area contributed by atoms with E-state index in [2.05, 4.69) is 19.8 Å². The van der Waals surface area contributed by atoms with Crippen LogP contribution in [0, 0.1) is 6.92 Å². The van der Waals surface area contributed by atoms with E-state index in [1.807, 2.05) is 13.0 Å². The second-order valence-electron chi connectivity index (χ2n) is 4.91. The molecule has 0 atom stereocenters. The first-order valence-electron chi connectivity index (χ1n) is 6.40. The number of rotatable bonds is 2. The SMILES string of the molecule is Cc1nc(N)cc(N2CCN(C3COC3)CC2)n1. The summed E-state index contributed by atoms with van der Waals surface area (Å²) in [6.45, 7) is 7.77. The molecular weight excluding hydrogens is 230 g/mol. The third-order valence-corrected chi connectivity index (χ3v) is 3.62. The smallest absolute Gasteiger partial charge is 0.134 e. The van der Waals surface area contributed by atoms with Crippen molar-refractivity contribution in [1.29, 1.82) is 0 Å². The van der Waals surface area contributed by atoms with Crippen LogP contribution in [0.1, 0.15) is 5.82 Å². The maximum atomic E-state index is 5.77. The van der Waals surface area contributed by atoms with Gasteiger partial charge in [0, 0.05) is 32.2 Å². The Bertz CT molecular complexity index is 406. The highest BCUT2D eigenvalue weighted by Crippen LogP contribution is 2.18. The highest BCUT2D eigenvalue weighted by molar-refractivity contribution is 5.47. The summed E-state index contributed by atoms with van der Waals surface area (Å²) >= 11 is 0. The lowest BCUT2D eigenvalue weighted by molar-refractivity contribution is -0.0661. The van der Waals surface area contributed by atoms with E-state index in [0.717, 1.165) is 51.0 Å². The van der Waals surface area contributed by atoms with Gasteiger partial charge in [0.15, 0.2) is 0 Å². The van der Waals surface area contributed by atoms with Gasteiger partial charge in [-0.15, -0.1) is 0 Å². The molecular formula is C12H19N5O. The number of piperazine rings is 1. The molecule has 0 aromatic carbocycles. The van der Waals surface area contributed by atoms with Crippen LogP contribution in [0.4, 0.5) is 11.6 Å². The predicted molar refractivity (Wildman–Crippen MR) is 69.6 cm³/mol. The van der Waals surface area contributed by atoms with Gasteiger partial charge in [-0.3, -0.25) is 4.90 Å². The lowest BCUT2D eigenvalue weighted by Gasteiger charge is -2.42. The van der Waals surface area contributed by atoms with Crippen molar-refractivity contribution in [2.45, 2.75) is 13.0 Å². The van der Waals surface area contributed by atoms with E-state index in [-0.39, 0.29) is 0 Å². The number of aryl methyl sites for hydroxylation is 1. The van der Waals surface area contributed by atoms with Crippen molar-refractivity contribution >= 4 is 11.6 Å². The first-order chi connectivity index (χ1) is 8.72. The molecule has 2 fully saturated rings. The van der Waals surface area contributed by atoms with Crippen molar-refractivity contribution < 1.29 is 4.74 Å². The van der Waals surface area contributed by atoms with Gasteiger partial charge in [0.05, 0.1) is 19.3 Å². The van der Waals surface area contributed by atoms with Crippen LogP contribution in [-0.2, 0) is 4.74 Å². The second kappa shape index (κ2) is 4.70. The molecule has 18 heavy (non-hydrogen) atoms. The molecule has 6 heteroatoms. The molecule has 0 aliphatic carbocycles. The molecule has 6 nitrogen and oxygen atoms in total. The number of nitrogen functional groups attached to an aromatic ring is 1. The van der Waals surface area contributed by atoms with E-state index in [0.29, 0.717) is 11.9 Å². The Labute approximate surface area is 107 Å². The highest BCUT2D eigenvalue weighted by Gasteiger charge is 2.29. The fourth-order valence-electron chi connectivity index (χ4n) is 2.49. The van der Waals surface area contributed by atoms with Gasteiger partial charge in [0.25, 0.3) is 0 Å². The van der Waals surface area contributed by atoms with Gasteiger partial charge in [-0.2, -0.15) is 0 Å². The first kappa shape index (κ1) is 11.7. The third-order valence-electron chi connectivity index (χ3n) is 3.62. The third kappa shape index (κ3) is 2.26. The van der Waals surface area contributed by atoms with Crippen molar-refractivity contribution in [2.24, 2.45) is 0 Å². The number of nitrogens with zero attached hydrogens (tertiary/aromatic N) is 4. The standard InChI is InChI=1S/C12H19N5O/c1-9-14-11(13)6-12(15-9)17-4-2-16(3-5-17)10-7-18-8-10/h6,10H,2-5,7-8H2,1H3,(H2,13,14,15). The number of hydrogen-bond acceptors (Lipinski definition) is 6. The largest absolute Gasteiger partial charge is 0.384 e. The molecule has 2 aliphatic rings. The van der Waals surface area contributed by atoms with Crippen LogP contribution in [0.15, 0.2) is 6.07 Å². The Morgan fingerprint density at radius 3 is 2.50 bits per heavy atom. The molecule has 0 spiro atoms. The monoisotopic (exact) mass is 249 g/mol. The first-order valence-corrected chi connectivity index (χ1v) is 6.40. The Balaban J connectivity index is 1.64. The summed E-state index contributed by atoms with van der Waals surface area (Å²) in [6, 6.07) is 2.49. The van der Waals surface area contributed by atoms with Crippen molar-refractivity contribution in [3.63, 3.8) is 0 Å². The molecule has 98 valence electrons. The molecule has 0 saturated carbocycles. The average Bonchev–Trinajstić information content (AvgIpc) is 2.26. The van der Waals surface area contributed by atoms with E-state index in [1.54, 1.807) is 0 Å². The summed E-state index contributed by atoms with van der Waals surface area (Å²) in [5, 5.41) is 0. The molecule has 1 aromatic rings. The van der Waals surface area contributed by atoms with E-state index in [4.69, 9.17) is 10.5 Å². The quantitative estimate of drug-likeness (QED) is 0.788. The lowest BCUT2D eigenvalue weighted by Crippen LogP contribution is -2.56. The van der Waals surface area contributed by atoms with Gasteiger partial charge in [0.1, 0.15) is 17.5 Å².